The van der Waals surface area contributed by atoms with Gasteiger partial charge in [-0.1, -0.05) is 152 Å². The number of fused-ring (bicyclic) bond motifs is 9. The highest BCUT2D eigenvalue weighted by Gasteiger charge is 2.30. The largest absolute Gasteiger partial charge is 0.456 e. The van der Waals surface area contributed by atoms with Crippen molar-refractivity contribution in [3.63, 3.8) is 0 Å². The van der Waals surface area contributed by atoms with Crippen molar-refractivity contribution in [2.24, 2.45) is 0 Å². The predicted molar refractivity (Wildman–Crippen MR) is 235 cm³/mol. The van der Waals surface area contributed by atoms with Gasteiger partial charge in [-0.2, -0.15) is 0 Å². The lowest BCUT2D eigenvalue weighted by molar-refractivity contribution is 0.668. The van der Waals surface area contributed by atoms with Gasteiger partial charge in [0.05, 0.1) is 0 Å². The monoisotopic (exact) mass is 745 g/mol. The van der Waals surface area contributed by atoms with Crippen LogP contribution in [0.25, 0.3) is 98.5 Å². The van der Waals surface area contributed by atoms with Gasteiger partial charge in [0.25, 0.3) is 0 Å². The molecule has 8 aromatic carbocycles. The summed E-state index contributed by atoms with van der Waals surface area (Å²) in [5, 5.41) is 4.39. The summed E-state index contributed by atoms with van der Waals surface area (Å²) < 4.78 is 8.99. The van der Waals surface area contributed by atoms with E-state index in [0.717, 1.165) is 44.0 Å². The number of nitrogens with zero attached hydrogens (tertiary/aromatic N) is 3. The van der Waals surface area contributed by atoms with Gasteiger partial charge in [0, 0.05) is 53.6 Å². The molecule has 0 saturated heterocycles. The van der Waals surface area contributed by atoms with E-state index in [1.807, 2.05) is 30.3 Å². The highest BCUT2D eigenvalue weighted by molar-refractivity contribution is 7.26. The van der Waals surface area contributed by atoms with Crippen LogP contribution in [0.4, 0.5) is 0 Å². The molecular weight excluding hydrogens is 715 g/mol. The molecule has 0 saturated carbocycles. The minimum absolute atomic E-state index is 0.122. The number of aromatic nitrogens is 3. The maximum atomic E-state index is 6.57. The molecule has 0 spiro atoms. The van der Waals surface area contributed by atoms with Crippen LogP contribution < -0.4 is 0 Å². The molecule has 1 aliphatic carbocycles. The van der Waals surface area contributed by atoms with Crippen LogP contribution in [0.1, 0.15) is 22.6 Å². The Balaban J connectivity index is 1.06. The summed E-state index contributed by atoms with van der Waals surface area (Å²) in [5.74, 6) is 2.00. The van der Waals surface area contributed by atoms with Crippen LogP contribution in [-0.4, -0.2) is 15.0 Å². The number of thiophene rings is 1. The highest BCUT2D eigenvalue weighted by atomic mass is 32.1. The number of rotatable bonds is 5. The molecule has 0 amide bonds. The Hall–Kier alpha value is -7.21. The van der Waals surface area contributed by atoms with E-state index < -0.39 is 0 Å². The van der Waals surface area contributed by atoms with Crippen LogP contribution >= 0.6 is 11.3 Å². The Morgan fingerprint density at radius 2 is 1.00 bits per heavy atom. The SMILES string of the molecule is c1ccc(-c2ccc3c(c2)sc2cccc(-c4nc(-c5ccccc5)nc(-c5cccc6oc7ccc(C8c9ccccc9-c9ccccc98)cc7c56)n4)c23)cc1. The van der Waals surface area contributed by atoms with E-state index in [1.165, 1.54) is 53.7 Å². The lowest BCUT2D eigenvalue weighted by Gasteiger charge is -2.14. The van der Waals surface area contributed by atoms with E-state index in [9.17, 15) is 0 Å². The third kappa shape index (κ3) is 5.10. The topological polar surface area (TPSA) is 51.8 Å². The number of hydrogen-bond donors (Lipinski definition) is 0. The first-order valence-corrected chi connectivity index (χ1v) is 20.0. The Bertz CT molecular complexity index is 3320. The number of hydrogen-bond acceptors (Lipinski definition) is 5. The summed E-state index contributed by atoms with van der Waals surface area (Å²) in [6.07, 6.45) is 0. The van der Waals surface area contributed by atoms with Gasteiger partial charge in [-0.05, 0) is 69.3 Å². The predicted octanol–water partition coefficient (Wildman–Crippen LogP) is 14.0. The zero-order valence-electron chi connectivity index (χ0n) is 30.6. The van der Waals surface area contributed by atoms with Crippen molar-refractivity contribution >= 4 is 53.4 Å². The van der Waals surface area contributed by atoms with E-state index in [0.29, 0.717) is 17.5 Å². The Morgan fingerprint density at radius 3 is 1.74 bits per heavy atom. The van der Waals surface area contributed by atoms with Crippen LogP contribution in [0.5, 0.6) is 0 Å². The van der Waals surface area contributed by atoms with Crippen LogP contribution in [0, 0.1) is 0 Å². The molecule has 0 aliphatic heterocycles. The van der Waals surface area contributed by atoms with Crippen molar-refractivity contribution < 1.29 is 4.42 Å². The van der Waals surface area contributed by atoms with E-state index >= 15 is 0 Å². The average molecular weight is 746 g/mol. The van der Waals surface area contributed by atoms with Crippen molar-refractivity contribution in [1.29, 1.82) is 0 Å². The molecular formula is C52H31N3OS. The molecule has 3 aromatic heterocycles. The van der Waals surface area contributed by atoms with Gasteiger partial charge in [-0.15, -0.1) is 11.3 Å². The van der Waals surface area contributed by atoms with E-state index in [1.54, 1.807) is 11.3 Å². The standard InChI is InChI=1S/C52H31N3OS/c1-3-13-31(14-4-1)33-25-27-39-46(30-33)57-45-24-12-22-41(49(39)45)52-54-50(32-15-5-2-6-16-32)53-51(55-52)40-21-11-23-44-48(40)42-29-34(26-28-43(42)56-44)47-37-19-9-7-17-35(37)36-18-8-10-20-38(36)47/h1-30,47H. The van der Waals surface area contributed by atoms with Crippen LogP contribution in [0.15, 0.2) is 186 Å². The van der Waals surface area contributed by atoms with Gasteiger partial charge in [0.1, 0.15) is 11.2 Å². The maximum Gasteiger partial charge on any atom is 0.164 e. The molecule has 11 aromatic rings. The first kappa shape index (κ1) is 32.1. The molecule has 0 bridgehead atoms. The summed E-state index contributed by atoms with van der Waals surface area (Å²) in [6, 6.07) is 64.4. The molecule has 0 atom stereocenters. The summed E-state index contributed by atoms with van der Waals surface area (Å²) in [5.41, 5.74) is 13.3. The average Bonchev–Trinajstić information content (AvgIpc) is 3.96. The zero-order chi connectivity index (χ0) is 37.5. The fourth-order valence-electron chi connectivity index (χ4n) is 8.88. The van der Waals surface area contributed by atoms with E-state index in [2.05, 4.69) is 152 Å². The molecule has 0 fully saturated rings. The molecule has 0 unspecified atom stereocenters. The summed E-state index contributed by atoms with van der Waals surface area (Å²) >= 11 is 1.80. The van der Waals surface area contributed by atoms with Crippen LogP contribution in [-0.2, 0) is 0 Å². The summed E-state index contributed by atoms with van der Waals surface area (Å²) in [7, 11) is 0. The van der Waals surface area contributed by atoms with Crippen molar-refractivity contribution in [3.8, 4) is 56.4 Å². The third-order valence-electron chi connectivity index (χ3n) is 11.4. The van der Waals surface area contributed by atoms with Gasteiger partial charge in [0.2, 0.25) is 0 Å². The first-order valence-electron chi connectivity index (χ1n) is 19.2. The fourth-order valence-corrected chi connectivity index (χ4v) is 10.1. The lowest BCUT2D eigenvalue weighted by atomic mass is 9.88. The maximum absolute atomic E-state index is 6.57. The lowest BCUT2D eigenvalue weighted by Crippen LogP contribution is -2.01. The summed E-state index contributed by atoms with van der Waals surface area (Å²) in [6.45, 7) is 0. The molecule has 266 valence electrons. The van der Waals surface area contributed by atoms with Gasteiger partial charge in [0.15, 0.2) is 17.5 Å². The second-order valence-corrected chi connectivity index (χ2v) is 15.8. The molecule has 5 heteroatoms. The van der Waals surface area contributed by atoms with Crippen molar-refractivity contribution in [2.75, 3.05) is 0 Å². The Morgan fingerprint density at radius 1 is 0.386 bits per heavy atom. The van der Waals surface area contributed by atoms with Crippen molar-refractivity contribution in [1.82, 2.24) is 15.0 Å². The smallest absolute Gasteiger partial charge is 0.164 e. The minimum atomic E-state index is 0.122. The third-order valence-corrected chi connectivity index (χ3v) is 12.6. The molecule has 1 aliphatic rings. The molecule has 3 heterocycles. The van der Waals surface area contributed by atoms with Crippen LogP contribution in [0.3, 0.4) is 0 Å². The number of furan rings is 1. The molecule has 4 nitrogen and oxygen atoms in total. The molecule has 12 rings (SSSR count). The van der Waals surface area contributed by atoms with Gasteiger partial charge >= 0.3 is 0 Å². The summed E-state index contributed by atoms with van der Waals surface area (Å²) in [4.78, 5) is 15.7. The van der Waals surface area contributed by atoms with Gasteiger partial charge in [-0.3, -0.25) is 0 Å². The normalized spacial score (nSPS) is 12.5. The zero-order valence-corrected chi connectivity index (χ0v) is 31.4. The fraction of sp³-hybridized carbons (Fsp3) is 0.0192. The highest BCUT2D eigenvalue weighted by Crippen LogP contribution is 2.49. The minimum Gasteiger partial charge on any atom is -0.456 e. The van der Waals surface area contributed by atoms with Gasteiger partial charge in [-0.25, -0.2) is 15.0 Å². The van der Waals surface area contributed by atoms with Crippen LogP contribution in [0.2, 0.25) is 0 Å². The molecule has 57 heavy (non-hydrogen) atoms. The Kier molecular flexibility index (Phi) is 7.13. The van der Waals surface area contributed by atoms with Gasteiger partial charge < -0.3 is 4.42 Å². The van der Waals surface area contributed by atoms with Crippen molar-refractivity contribution in [3.05, 3.63) is 199 Å². The molecule has 0 radical (unpaired) electrons. The van der Waals surface area contributed by atoms with E-state index in [4.69, 9.17) is 19.4 Å². The van der Waals surface area contributed by atoms with E-state index in [-0.39, 0.29) is 5.92 Å². The Labute approximate surface area is 332 Å². The first-order chi connectivity index (χ1) is 28.2. The second-order valence-electron chi connectivity index (χ2n) is 14.7. The second kappa shape index (κ2) is 12.7. The number of benzene rings is 8. The molecule has 0 N–H and O–H groups in total. The quantitative estimate of drug-likeness (QED) is 0.176. The van der Waals surface area contributed by atoms with Crippen molar-refractivity contribution in [2.45, 2.75) is 5.92 Å².